The van der Waals surface area contributed by atoms with E-state index >= 15 is 0 Å². The average Bonchev–Trinajstić information content (AvgIpc) is 2.75. The van der Waals surface area contributed by atoms with E-state index in [0.717, 1.165) is 52.2 Å². The molecular weight excluding hydrogens is 556 g/mol. The summed E-state index contributed by atoms with van der Waals surface area (Å²) in [5.74, 6) is 0. The summed E-state index contributed by atoms with van der Waals surface area (Å²) in [7, 11) is 5.79. The Morgan fingerprint density at radius 1 is 0.548 bits per heavy atom. The fraction of sp³-hybridized carbons (Fsp3) is 0.857. The number of thiocarbonyl (C=S) groups is 3. The van der Waals surface area contributed by atoms with Crippen molar-refractivity contribution in [3.63, 3.8) is 0 Å². The Kier molecular flexibility index (Phi) is 21.6. The molecule has 0 saturated heterocycles. The molecule has 0 fully saturated rings. The van der Waals surface area contributed by atoms with E-state index < -0.39 is 12.5 Å². The van der Waals surface area contributed by atoms with Crippen molar-refractivity contribution < 1.29 is 0 Å². The van der Waals surface area contributed by atoms with Crippen LogP contribution in [0.1, 0.15) is 80.1 Å². The topological polar surface area (TPSA) is 9.72 Å². The van der Waals surface area contributed by atoms with Gasteiger partial charge in [0.15, 0.2) is 0 Å². The summed E-state index contributed by atoms with van der Waals surface area (Å²) >= 11 is 15.6. The van der Waals surface area contributed by atoms with Gasteiger partial charge in [-0.15, -0.1) is 0 Å². The third kappa shape index (κ3) is 14.4. The molecule has 0 saturated carbocycles. The monoisotopic (exact) mass is 597 g/mol. The van der Waals surface area contributed by atoms with Gasteiger partial charge in [-0.05, 0) is 0 Å². The van der Waals surface area contributed by atoms with E-state index in [1.807, 2.05) is 29.1 Å². The fourth-order valence-electron chi connectivity index (χ4n) is 2.73. The molecular formula is C21H42GaN3S6. The van der Waals surface area contributed by atoms with Crippen molar-refractivity contribution >= 4 is 91.2 Å². The fourth-order valence-corrected chi connectivity index (χ4v) is 32.9. The SMILES string of the molecule is CCCCN(CC)C(=S)[S][Ga]([S]C(=S)N(CC)CCCC)[S]C(=S)N(CC)CCCC. The van der Waals surface area contributed by atoms with E-state index in [-0.39, 0.29) is 0 Å². The number of unbranched alkanes of at least 4 members (excludes halogenated alkanes) is 3. The maximum atomic E-state index is 5.89. The summed E-state index contributed by atoms with van der Waals surface area (Å²) < 4.78 is 3.12. The van der Waals surface area contributed by atoms with Crippen molar-refractivity contribution in [1.29, 1.82) is 0 Å². The van der Waals surface area contributed by atoms with Crippen molar-refractivity contribution in [1.82, 2.24) is 14.7 Å². The van der Waals surface area contributed by atoms with Crippen LogP contribution in [0.4, 0.5) is 0 Å². The quantitative estimate of drug-likeness (QED) is 0.140. The van der Waals surface area contributed by atoms with Gasteiger partial charge in [0.05, 0.1) is 0 Å². The van der Waals surface area contributed by atoms with Gasteiger partial charge >= 0.3 is 225 Å². The maximum absolute atomic E-state index is 5.89. The van der Waals surface area contributed by atoms with Crippen molar-refractivity contribution in [2.75, 3.05) is 39.3 Å². The molecule has 0 aromatic rings. The van der Waals surface area contributed by atoms with Gasteiger partial charge in [0.2, 0.25) is 0 Å². The Bertz CT molecular complexity index is 452. The first-order valence-electron chi connectivity index (χ1n) is 11.7. The zero-order valence-corrected chi connectivity index (χ0v) is 27.7. The Labute approximate surface area is 223 Å². The summed E-state index contributed by atoms with van der Waals surface area (Å²) in [5, 5.41) is 0. The summed E-state index contributed by atoms with van der Waals surface area (Å²) in [6.45, 7) is 19.4. The molecule has 0 aliphatic carbocycles. The van der Waals surface area contributed by atoms with Crippen LogP contribution in [0, 0.1) is 0 Å². The molecule has 0 atom stereocenters. The Morgan fingerprint density at radius 2 is 0.806 bits per heavy atom. The molecule has 0 N–H and O–H groups in total. The predicted molar refractivity (Wildman–Crippen MR) is 163 cm³/mol. The number of hydrogen-bond acceptors (Lipinski definition) is 6. The van der Waals surface area contributed by atoms with E-state index in [9.17, 15) is 0 Å². The second kappa shape index (κ2) is 20.7. The molecule has 0 rings (SSSR count). The van der Waals surface area contributed by atoms with Gasteiger partial charge in [-0.2, -0.15) is 0 Å². The van der Waals surface area contributed by atoms with Gasteiger partial charge in [0.25, 0.3) is 0 Å². The molecule has 180 valence electrons. The van der Waals surface area contributed by atoms with Crippen molar-refractivity contribution in [3.05, 3.63) is 0 Å². The van der Waals surface area contributed by atoms with Crippen LogP contribution >= 0.6 is 65.7 Å². The van der Waals surface area contributed by atoms with Crippen LogP contribution in [0.25, 0.3) is 0 Å². The molecule has 31 heavy (non-hydrogen) atoms. The van der Waals surface area contributed by atoms with Crippen molar-refractivity contribution in [3.8, 4) is 0 Å². The molecule has 0 radical (unpaired) electrons. The molecule has 0 aromatic heterocycles. The van der Waals surface area contributed by atoms with Crippen LogP contribution in [0.2, 0.25) is 0 Å². The van der Waals surface area contributed by atoms with E-state index in [1.165, 1.54) is 38.5 Å². The third-order valence-electron chi connectivity index (χ3n) is 4.86. The molecule has 0 aliphatic heterocycles. The molecule has 3 nitrogen and oxygen atoms in total. The van der Waals surface area contributed by atoms with Crippen LogP contribution in [-0.2, 0) is 0 Å². The normalized spacial score (nSPS) is 10.6. The van der Waals surface area contributed by atoms with Gasteiger partial charge in [-0.25, -0.2) is 0 Å². The first-order valence-corrected chi connectivity index (χ1v) is 24.5. The molecule has 0 aliphatic rings. The average molecular weight is 599 g/mol. The zero-order valence-electron chi connectivity index (χ0n) is 20.4. The van der Waals surface area contributed by atoms with E-state index in [1.54, 1.807) is 0 Å². The van der Waals surface area contributed by atoms with Gasteiger partial charge < -0.3 is 0 Å². The van der Waals surface area contributed by atoms with E-state index in [0.29, 0.717) is 0 Å². The molecule has 0 bridgehead atoms. The molecule has 0 amide bonds. The minimum absolute atomic E-state index is 0.972. The first-order chi connectivity index (χ1) is 14.9. The summed E-state index contributed by atoms with van der Waals surface area (Å²) in [4.78, 5) is 7.08. The Hall–Kier alpha value is 1.36. The van der Waals surface area contributed by atoms with Gasteiger partial charge in [0, 0.05) is 0 Å². The molecule has 0 spiro atoms. The Balaban J connectivity index is 5.32. The van der Waals surface area contributed by atoms with Crippen LogP contribution < -0.4 is 0 Å². The van der Waals surface area contributed by atoms with Crippen LogP contribution in [0.15, 0.2) is 0 Å². The summed E-state index contributed by atoms with van der Waals surface area (Å²) in [6, 6.07) is 0. The van der Waals surface area contributed by atoms with Gasteiger partial charge in [-0.1, -0.05) is 0 Å². The predicted octanol–water partition coefficient (Wildman–Crippen LogP) is 7.39. The van der Waals surface area contributed by atoms with Crippen LogP contribution in [0.3, 0.4) is 0 Å². The second-order valence-electron chi connectivity index (χ2n) is 7.24. The van der Waals surface area contributed by atoms with Gasteiger partial charge in [0.1, 0.15) is 0 Å². The molecule has 10 heteroatoms. The Morgan fingerprint density at radius 3 is 1.00 bits per heavy atom. The molecule has 0 unspecified atom stereocenters. The number of hydrogen-bond donors (Lipinski definition) is 0. The summed E-state index contributed by atoms with van der Waals surface area (Å²) in [6.07, 6.45) is 7.13. The summed E-state index contributed by atoms with van der Waals surface area (Å²) in [5.41, 5.74) is 0. The van der Waals surface area contributed by atoms with Crippen molar-refractivity contribution in [2.45, 2.75) is 80.1 Å². The first kappa shape index (κ1) is 32.4. The van der Waals surface area contributed by atoms with Crippen LogP contribution in [0.5, 0.6) is 0 Å². The van der Waals surface area contributed by atoms with E-state index in [4.69, 9.17) is 36.7 Å². The molecule has 0 heterocycles. The van der Waals surface area contributed by atoms with E-state index in [2.05, 4.69) is 56.2 Å². The number of nitrogens with zero attached hydrogens (tertiary/aromatic N) is 3. The van der Waals surface area contributed by atoms with Gasteiger partial charge in [-0.3, -0.25) is 0 Å². The number of rotatable bonds is 15. The van der Waals surface area contributed by atoms with Crippen LogP contribution in [-0.4, -0.2) is 79.5 Å². The standard InChI is InChI=1S/3C7H15NS2.Ga/c3*1-3-5-6-8(4-2)7(9)10;/h3*3-6H2,1-2H3,(H,9,10);/q;;;+3/p-3. The third-order valence-corrected chi connectivity index (χ3v) is 28.5. The van der Waals surface area contributed by atoms with Crippen molar-refractivity contribution in [2.24, 2.45) is 0 Å². The zero-order chi connectivity index (χ0) is 23.6. The second-order valence-corrected chi connectivity index (χ2v) is 28.7. The molecule has 0 aromatic carbocycles. The minimum atomic E-state index is -2.10.